The van der Waals surface area contributed by atoms with Crippen LogP contribution in [0.15, 0.2) is 60.7 Å². The molecule has 0 aliphatic carbocycles. The van der Waals surface area contributed by atoms with E-state index in [0.29, 0.717) is 11.4 Å². The summed E-state index contributed by atoms with van der Waals surface area (Å²) in [5, 5.41) is 0. The molecule has 0 radical (unpaired) electrons. The molecule has 0 bridgehead atoms. The third kappa shape index (κ3) is 2.22. The summed E-state index contributed by atoms with van der Waals surface area (Å²) >= 11 is 0. The summed E-state index contributed by atoms with van der Waals surface area (Å²) < 4.78 is 26.0. The highest BCUT2D eigenvalue weighted by Gasteiger charge is 2.26. The standard InChI is InChI=1S/C12H10BF2N/c14-13(15)16(11-7-3-1-4-8-11)12-9-5-2-6-10-12/h1-10H. The number of rotatable bonds is 3. The quantitative estimate of drug-likeness (QED) is 0.707. The Balaban J connectivity index is 2.40. The fraction of sp³-hybridized carbons (Fsp3) is 0. The minimum absolute atomic E-state index is 0.490. The van der Waals surface area contributed by atoms with E-state index < -0.39 is 7.40 Å². The summed E-state index contributed by atoms with van der Waals surface area (Å²) in [5.74, 6) is 0. The molecule has 0 amide bonds. The van der Waals surface area contributed by atoms with Crippen molar-refractivity contribution >= 4 is 18.8 Å². The molecule has 0 aliphatic heterocycles. The van der Waals surface area contributed by atoms with Gasteiger partial charge in [0.2, 0.25) is 0 Å². The predicted molar refractivity (Wildman–Crippen MR) is 63.0 cm³/mol. The molecular weight excluding hydrogens is 207 g/mol. The first-order chi connectivity index (χ1) is 7.79. The van der Waals surface area contributed by atoms with Gasteiger partial charge in [0.1, 0.15) is 0 Å². The molecule has 0 spiro atoms. The third-order valence-corrected chi connectivity index (χ3v) is 2.26. The van der Waals surface area contributed by atoms with Gasteiger partial charge in [0.15, 0.2) is 0 Å². The Morgan fingerprint density at radius 1 is 0.688 bits per heavy atom. The van der Waals surface area contributed by atoms with Crippen LogP contribution in [-0.2, 0) is 0 Å². The van der Waals surface area contributed by atoms with Crippen LogP contribution in [0.2, 0.25) is 0 Å². The Morgan fingerprint density at radius 3 is 1.38 bits per heavy atom. The molecule has 0 unspecified atom stereocenters. The Bertz CT molecular complexity index is 394. The van der Waals surface area contributed by atoms with Gasteiger partial charge in [-0.05, 0) is 24.3 Å². The van der Waals surface area contributed by atoms with Crippen LogP contribution in [0.25, 0.3) is 0 Å². The van der Waals surface area contributed by atoms with Gasteiger partial charge in [-0.25, -0.2) is 0 Å². The summed E-state index contributed by atoms with van der Waals surface area (Å²) in [4.78, 5) is 1.00. The monoisotopic (exact) mass is 217 g/mol. The predicted octanol–water partition coefficient (Wildman–Crippen LogP) is 3.75. The van der Waals surface area contributed by atoms with Crippen LogP contribution in [0.5, 0.6) is 0 Å². The largest absolute Gasteiger partial charge is 0.678 e. The number of hydrogen-bond acceptors (Lipinski definition) is 1. The topological polar surface area (TPSA) is 3.24 Å². The van der Waals surface area contributed by atoms with Gasteiger partial charge in [0, 0.05) is 11.4 Å². The Kier molecular flexibility index (Phi) is 3.20. The third-order valence-electron chi connectivity index (χ3n) is 2.26. The maximum absolute atomic E-state index is 13.0. The lowest BCUT2D eigenvalue weighted by Crippen LogP contribution is -2.27. The van der Waals surface area contributed by atoms with E-state index in [0.717, 1.165) is 4.81 Å². The van der Waals surface area contributed by atoms with Gasteiger partial charge in [0.25, 0.3) is 0 Å². The number of para-hydroxylation sites is 2. The lowest BCUT2D eigenvalue weighted by Gasteiger charge is -2.21. The van der Waals surface area contributed by atoms with Crippen molar-refractivity contribution in [3.63, 3.8) is 0 Å². The number of benzene rings is 2. The van der Waals surface area contributed by atoms with Gasteiger partial charge in [0.05, 0.1) is 0 Å². The molecule has 0 atom stereocenters. The normalized spacial score (nSPS) is 9.88. The molecule has 16 heavy (non-hydrogen) atoms. The van der Waals surface area contributed by atoms with Crippen molar-refractivity contribution in [1.82, 2.24) is 0 Å². The van der Waals surface area contributed by atoms with E-state index >= 15 is 0 Å². The van der Waals surface area contributed by atoms with Crippen LogP contribution in [0, 0.1) is 0 Å². The summed E-state index contributed by atoms with van der Waals surface area (Å²) in [6.07, 6.45) is 0. The molecule has 0 N–H and O–H groups in total. The number of halogens is 2. The van der Waals surface area contributed by atoms with Gasteiger partial charge in [-0.2, -0.15) is 0 Å². The first kappa shape index (κ1) is 10.7. The Labute approximate surface area is 93.5 Å². The zero-order valence-electron chi connectivity index (χ0n) is 8.55. The second-order valence-corrected chi connectivity index (χ2v) is 3.32. The molecule has 1 nitrogen and oxygen atoms in total. The van der Waals surface area contributed by atoms with E-state index in [-0.39, 0.29) is 0 Å². The first-order valence-corrected chi connectivity index (χ1v) is 4.96. The van der Waals surface area contributed by atoms with Gasteiger partial charge < -0.3 is 4.81 Å². The zero-order valence-corrected chi connectivity index (χ0v) is 8.55. The summed E-state index contributed by atoms with van der Waals surface area (Å²) in [5.41, 5.74) is 0.979. The van der Waals surface area contributed by atoms with E-state index in [4.69, 9.17) is 0 Å². The molecule has 2 aromatic rings. The van der Waals surface area contributed by atoms with Gasteiger partial charge >= 0.3 is 7.40 Å². The highest BCUT2D eigenvalue weighted by molar-refractivity contribution is 6.50. The minimum Gasteiger partial charge on any atom is -0.326 e. The molecule has 0 saturated carbocycles. The van der Waals surface area contributed by atoms with Crippen molar-refractivity contribution in [3.05, 3.63) is 60.7 Å². The van der Waals surface area contributed by atoms with E-state index in [9.17, 15) is 8.63 Å². The van der Waals surface area contributed by atoms with Crippen molar-refractivity contribution < 1.29 is 8.63 Å². The summed E-state index contributed by atoms with van der Waals surface area (Å²) in [7, 11) is -2.55. The van der Waals surface area contributed by atoms with E-state index in [1.165, 1.54) is 0 Å². The molecule has 2 rings (SSSR count). The Hall–Kier alpha value is -1.84. The fourth-order valence-electron chi connectivity index (χ4n) is 1.55. The highest BCUT2D eigenvalue weighted by atomic mass is 19.2. The molecule has 0 aliphatic rings. The van der Waals surface area contributed by atoms with Crippen LogP contribution in [0.1, 0.15) is 0 Å². The van der Waals surface area contributed by atoms with Crippen molar-refractivity contribution in [2.75, 3.05) is 4.81 Å². The molecular formula is C12H10BF2N. The highest BCUT2D eigenvalue weighted by Crippen LogP contribution is 2.26. The van der Waals surface area contributed by atoms with E-state index in [1.807, 2.05) is 0 Å². The van der Waals surface area contributed by atoms with E-state index in [1.54, 1.807) is 60.7 Å². The molecule has 0 fully saturated rings. The average Bonchev–Trinajstić information content (AvgIpc) is 2.31. The van der Waals surface area contributed by atoms with Gasteiger partial charge in [-0.1, -0.05) is 36.4 Å². The van der Waals surface area contributed by atoms with Crippen molar-refractivity contribution in [1.29, 1.82) is 0 Å². The van der Waals surface area contributed by atoms with Crippen LogP contribution in [0.3, 0.4) is 0 Å². The second kappa shape index (κ2) is 4.79. The molecule has 4 heteroatoms. The van der Waals surface area contributed by atoms with Crippen molar-refractivity contribution in [2.45, 2.75) is 0 Å². The number of anilines is 2. The van der Waals surface area contributed by atoms with Crippen LogP contribution >= 0.6 is 0 Å². The van der Waals surface area contributed by atoms with Crippen LogP contribution in [-0.4, -0.2) is 7.40 Å². The van der Waals surface area contributed by atoms with E-state index in [2.05, 4.69) is 0 Å². The minimum atomic E-state index is -2.55. The molecule has 80 valence electrons. The lowest BCUT2D eigenvalue weighted by atomic mass is 10.1. The lowest BCUT2D eigenvalue weighted by molar-refractivity contribution is 0.656. The van der Waals surface area contributed by atoms with Gasteiger partial charge in [-0.3, -0.25) is 8.63 Å². The number of nitrogens with zero attached hydrogens (tertiary/aromatic N) is 1. The Morgan fingerprint density at radius 2 is 1.06 bits per heavy atom. The molecule has 0 aromatic heterocycles. The molecule has 0 heterocycles. The van der Waals surface area contributed by atoms with Crippen molar-refractivity contribution in [2.24, 2.45) is 0 Å². The smallest absolute Gasteiger partial charge is 0.326 e. The summed E-state index contributed by atoms with van der Waals surface area (Å²) in [6, 6.07) is 17.2. The number of hydrogen-bond donors (Lipinski definition) is 0. The summed E-state index contributed by atoms with van der Waals surface area (Å²) in [6.45, 7) is 0. The van der Waals surface area contributed by atoms with Crippen molar-refractivity contribution in [3.8, 4) is 0 Å². The maximum atomic E-state index is 13.0. The fourth-order valence-corrected chi connectivity index (χ4v) is 1.55. The molecule has 0 saturated heterocycles. The zero-order chi connectivity index (χ0) is 11.4. The van der Waals surface area contributed by atoms with Gasteiger partial charge in [-0.15, -0.1) is 0 Å². The van der Waals surface area contributed by atoms with Crippen LogP contribution < -0.4 is 4.81 Å². The first-order valence-electron chi connectivity index (χ1n) is 4.96. The van der Waals surface area contributed by atoms with Crippen LogP contribution in [0.4, 0.5) is 20.0 Å². The average molecular weight is 217 g/mol. The second-order valence-electron chi connectivity index (χ2n) is 3.32. The maximum Gasteiger partial charge on any atom is 0.678 e. The SMILES string of the molecule is FB(F)N(c1ccccc1)c1ccccc1. The molecule has 2 aromatic carbocycles.